The zero-order chi connectivity index (χ0) is 14.3. The molecular formula is C13H14BFN2O3. The fraction of sp³-hybridized carbons (Fsp3) is 0.308. The topological polar surface area (TPSA) is 67.4 Å². The molecule has 0 atom stereocenters. The minimum Gasteiger partial charge on any atom is -0.423 e. The number of hydrogen-bond donors (Lipinski definition) is 2. The maximum atomic E-state index is 13.1. The Morgan fingerprint density at radius 1 is 1.30 bits per heavy atom. The Balaban J connectivity index is 1.93. The third-order valence-electron chi connectivity index (χ3n) is 3.54. The Bertz CT molecular complexity index is 691. The van der Waals surface area contributed by atoms with Gasteiger partial charge in [0.05, 0.1) is 6.54 Å². The van der Waals surface area contributed by atoms with Crippen LogP contribution in [0, 0.1) is 5.82 Å². The van der Waals surface area contributed by atoms with Gasteiger partial charge in [0.25, 0.3) is 0 Å². The van der Waals surface area contributed by atoms with E-state index in [0.29, 0.717) is 11.6 Å². The molecule has 2 N–H and O–H groups in total. The van der Waals surface area contributed by atoms with E-state index in [1.807, 2.05) is 0 Å². The van der Waals surface area contributed by atoms with E-state index in [1.54, 1.807) is 17.0 Å². The van der Waals surface area contributed by atoms with Crippen LogP contribution in [0.3, 0.4) is 0 Å². The molecule has 1 aromatic carbocycles. The second kappa shape index (κ2) is 4.92. The van der Waals surface area contributed by atoms with Crippen LogP contribution in [0.4, 0.5) is 4.39 Å². The van der Waals surface area contributed by atoms with Crippen molar-refractivity contribution in [3.05, 3.63) is 52.5 Å². The Kier molecular flexibility index (Phi) is 3.23. The average molecular weight is 276 g/mol. The smallest absolute Gasteiger partial charge is 0.423 e. The lowest BCUT2D eigenvalue weighted by molar-refractivity contribution is 0.424. The first-order chi connectivity index (χ1) is 9.56. The van der Waals surface area contributed by atoms with Crippen molar-refractivity contribution in [2.45, 2.75) is 25.4 Å². The second-order valence-corrected chi connectivity index (χ2v) is 5.06. The van der Waals surface area contributed by atoms with Crippen LogP contribution in [-0.4, -0.2) is 26.3 Å². The van der Waals surface area contributed by atoms with Gasteiger partial charge in [-0.3, -0.25) is 9.13 Å². The van der Waals surface area contributed by atoms with Gasteiger partial charge in [0, 0.05) is 18.4 Å². The van der Waals surface area contributed by atoms with Crippen LogP contribution in [0.25, 0.3) is 0 Å². The summed E-state index contributed by atoms with van der Waals surface area (Å²) in [5.74, 6) is -0.542. The highest BCUT2D eigenvalue weighted by Gasteiger charge is 2.26. The van der Waals surface area contributed by atoms with Crippen LogP contribution in [0.2, 0.25) is 0 Å². The Morgan fingerprint density at radius 2 is 2.05 bits per heavy atom. The van der Waals surface area contributed by atoms with Crippen LogP contribution in [0.15, 0.2) is 35.4 Å². The summed E-state index contributed by atoms with van der Waals surface area (Å²) in [5.41, 5.74) is 0.461. The molecule has 20 heavy (non-hydrogen) atoms. The molecule has 0 amide bonds. The van der Waals surface area contributed by atoms with Crippen LogP contribution >= 0.6 is 0 Å². The normalized spacial score (nSPS) is 14.6. The lowest BCUT2D eigenvalue weighted by Crippen LogP contribution is -2.35. The Labute approximate surface area is 115 Å². The van der Waals surface area contributed by atoms with E-state index in [4.69, 9.17) is 0 Å². The fourth-order valence-electron chi connectivity index (χ4n) is 2.31. The van der Waals surface area contributed by atoms with Gasteiger partial charge in [-0.1, -0.05) is 6.07 Å². The molecule has 1 aliphatic carbocycles. The molecule has 0 saturated heterocycles. The molecule has 0 spiro atoms. The third kappa shape index (κ3) is 2.42. The van der Waals surface area contributed by atoms with E-state index in [9.17, 15) is 19.2 Å². The molecule has 1 heterocycles. The van der Waals surface area contributed by atoms with Gasteiger partial charge in [-0.2, -0.15) is 0 Å². The zero-order valence-corrected chi connectivity index (χ0v) is 10.7. The summed E-state index contributed by atoms with van der Waals surface area (Å²) in [6.45, 7) is 0.186. The van der Waals surface area contributed by atoms with Crippen LogP contribution in [0.5, 0.6) is 0 Å². The number of halogens is 1. The van der Waals surface area contributed by atoms with Gasteiger partial charge in [-0.05, 0) is 36.0 Å². The van der Waals surface area contributed by atoms with Crippen molar-refractivity contribution >= 4 is 12.6 Å². The molecule has 0 bridgehead atoms. The maximum absolute atomic E-state index is 13.1. The minimum absolute atomic E-state index is 0.0797. The molecule has 1 saturated carbocycles. The fourth-order valence-corrected chi connectivity index (χ4v) is 2.31. The van der Waals surface area contributed by atoms with Gasteiger partial charge >= 0.3 is 12.8 Å². The maximum Gasteiger partial charge on any atom is 0.488 e. The summed E-state index contributed by atoms with van der Waals surface area (Å²) in [6, 6.07) is 4.07. The van der Waals surface area contributed by atoms with Crippen molar-refractivity contribution in [3.63, 3.8) is 0 Å². The van der Waals surface area contributed by atoms with Crippen molar-refractivity contribution in [1.82, 2.24) is 9.13 Å². The van der Waals surface area contributed by atoms with Gasteiger partial charge in [0.2, 0.25) is 0 Å². The average Bonchev–Trinajstić information content (AvgIpc) is 3.18. The van der Waals surface area contributed by atoms with Crippen molar-refractivity contribution in [2.24, 2.45) is 0 Å². The first-order valence-corrected chi connectivity index (χ1v) is 6.48. The number of aromatic nitrogens is 2. The van der Waals surface area contributed by atoms with Crippen LogP contribution < -0.4 is 11.2 Å². The summed E-state index contributed by atoms with van der Waals surface area (Å²) < 4.78 is 16.3. The molecule has 1 aromatic heterocycles. The predicted octanol–water partition coefficient (Wildman–Crippen LogP) is -0.148. The molecule has 104 valence electrons. The van der Waals surface area contributed by atoms with Crippen molar-refractivity contribution in [3.8, 4) is 0 Å². The van der Waals surface area contributed by atoms with Crippen molar-refractivity contribution < 1.29 is 14.4 Å². The minimum atomic E-state index is -1.76. The predicted molar refractivity (Wildman–Crippen MR) is 72.3 cm³/mol. The largest absolute Gasteiger partial charge is 0.488 e. The van der Waals surface area contributed by atoms with Gasteiger partial charge in [0.1, 0.15) is 5.82 Å². The summed E-state index contributed by atoms with van der Waals surface area (Å²) >= 11 is 0. The number of benzene rings is 1. The molecule has 5 nitrogen and oxygen atoms in total. The summed E-state index contributed by atoms with van der Waals surface area (Å²) in [7, 11) is -1.76. The molecule has 1 fully saturated rings. The standard InChI is InChI=1S/C13H14BFN2O3/c15-10-2-1-9(12(7-10)14(19)20)8-16-5-6-17(13(16)18)11-3-4-11/h1-2,5-7,11,19-20H,3-4,8H2. The highest BCUT2D eigenvalue weighted by atomic mass is 19.1. The molecule has 0 radical (unpaired) electrons. The van der Waals surface area contributed by atoms with E-state index in [1.165, 1.54) is 16.7 Å². The number of imidazole rings is 1. The molecule has 0 unspecified atom stereocenters. The van der Waals surface area contributed by atoms with Crippen LogP contribution in [0.1, 0.15) is 24.4 Å². The molecular weight excluding hydrogens is 262 g/mol. The second-order valence-electron chi connectivity index (χ2n) is 5.06. The van der Waals surface area contributed by atoms with E-state index in [2.05, 4.69) is 0 Å². The number of nitrogens with zero attached hydrogens (tertiary/aromatic N) is 2. The Morgan fingerprint density at radius 3 is 2.70 bits per heavy atom. The summed E-state index contributed by atoms with van der Waals surface area (Å²) in [4.78, 5) is 12.1. The molecule has 1 aliphatic rings. The van der Waals surface area contributed by atoms with E-state index >= 15 is 0 Å². The van der Waals surface area contributed by atoms with Crippen molar-refractivity contribution in [2.75, 3.05) is 0 Å². The molecule has 2 aromatic rings. The first-order valence-electron chi connectivity index (χ1n) is 6.48. The third-order valence-corrected chi connectivity index (χ3v) is 3.54. The summed E-state index contributed by atoms with van der Waals surface area (Å²) in [5, 5.41) is 18.6. The lowest BCUT2D eigenvalue weighted by Gasteiger charge is -2.09. The lowest BCUT2D eigenvalue weighted by atomic mass is 9.77. The quantitative estimate of drug-likeness (QED) is 0.763. The Hall–Kier alpha value is -1.86. The monoisotopic (exact) mass is 276 g/mol. The van der Waals surface area contributed by atoms with E-state index in [-0.39, 0.29) is 17.7 Å². The summed E-state index contributed by atoms with van der Waals surface area (Å²) in [6.07, 6.45) is 5.43. The molecule has 0 aliphatic heterocycles. The van der Waals surface area contributed by atoms with Gasteiger partial charge in [0.15, 0.2) is 0 Å². The SMILES string of the molecule is O=c1n(Cc2ccc(F)cc2B(O)O)ccn1C1CC1. The number of rotatable bonds is 4. The van der Waals surface area contributed by atoms with E-state index < -0.39 is 12.9 Å². The molecule has 7 heteroatoms. The van der Waals surface area contributed by atoms with Gasteiger partial charge in [-0.15, -0.1) is 0 Å². The highest BCUT2D eigenvalue weighted by molar-refractivity contribution is 6.59. The van der Waals surface area contributed by atoms with Gasteiger partial charge in [-0.25, -0.2) is 9.18 Å². The first kappa shape index (κ1) is 13.1. The zero-order valence-electron chi connectivity index (χ0n) is 10.7. The van der Waals surface area contributed by atoms with Gasteiger partial charge < -0.3 is 10.0 Å². The van der Waals surface area contributed by atoms with Crippen LogP contribution in [-0.2, 0) is 6.54 Å². The van der Waals surface area contributed by atoms with E-state index in [0.717, 1.165) is 18.9 Å². The molecule has 3 rings (SSSR count). The number of hydrogen-bond acceptors (Lipinski definition) is 3. The van der Waals surface area contributed by atoms with Crippen molar-refractivity contribution in [1.29, 1.82) is 0 Å². The highest BCUT2D eigenvalue weighted by Crippen LogP contribution is 2.33.